The smallest absolute Gasteiger partial charge is 0.250 e. The third kappa shape index (κ3) is 4.29. The van der Waals surface area contributed by atoms with E-state index < -0.39 is 0 Å². The highest BCUT2D eigenvalue weighted by Crippen LogP contribution is 2.12. The van der Waals surface area contributed by atoms with Crippen LogP contribution in [0.3, 0.4) is 0 Å². The molecule has 0 spiro atoms. The SMILES string of the molecule is Cc1cnn(CC(=O)N2CCOC(CCc3cc(=O)[nH]cn3)C2)c1. The Bertz CT molecular complexity index is 754. The van der Waals surface area contributed by atoms with Crippen LogP contribution in [-0.2, 0) is 22.5 Å². The van der Waals surface area contributed by atoms with E-state index in [0.717, 1.165) is 17.7 Å². The van der Waals surface area contributed by atoms with Gasteiger partial charge in [-0.3, -0.25) is 14.3 Å². The summed E-state index contributed by atoms with van der Waals surface area (Å²) in [5.74, 6) is 0.0423. The molecule has 1 aliphatic heterocycles. The number of aryl methyl sites for hydroxylation is 2. The molecule has 1 unspecified atom stereocenters. The molecule has 1 N–H and O–H groups in total. The van der Waals surface area contributed by atoms with E-state index in [1.165, 1.54) is 12.4 Å². The molecule has 0 aromatic carbocycles. The van der Waals surface area contributed by atoms with Crippen molar-refractivity contribution < 1.29 is 9.53 Å². The van der Waals surface area contributed by atoms with Gasteiger partial charge in [0.2, 0.25) is 5.91 Å². The fraction of sp³-hybridized carbons (Fsp3) is 0.500. The predicted octanol–water partition coefficient (Wildman–Crippen LogP) is 0.135. The molecular formula is C16H21N5O3. The molecule has 0 saturated carbocycles. The fourth-order valence-electron chi connectivity index (χ4n) is 2.77. The summed E-state index contributed by atoms with van der Waals surface area (Å²) in [6.07, 6.45) is 6.33. The number of ether oxygens (including phenoxy) is 1. The summed E-state index contributed by atoms with van der Waals surface area (Å²) in [5, 5.41) is 4.15. The molecule has 1 saturated heterocycles. The third-order valence-electron chi connectivity index (χ3n) is 4.01. The van der Waals surface area contributed by atoms with E-state index in [9.17, 15) is 9.59 Å². The van der Waals surface area contributed by atoms with Gasteiger partial charge in [0.25, 0.3) is 5.56 Å². The first-order chi connectivity index (χ1) is 11.6. The molecule has 1 fully saturated rings. The second-order valence-corrected chi connectivity index (χ2v) is 5.99. The number of aromatic amines is 1. The molecule has 8 heteroatoms. The van der Waals surface area contributed by atoms with Crippen molar-refractivity contribution in [2.45, 2.75) is 32.4 Å². The van der Waals surface area contributed by atoms with Crippen LogP contribution in [0, 0.1) is 6.92 Å². The zero-order valence-corrected chi connectivity index (χ0v) is 13.6. The van der Waals surface area contributed by atoms with Gasteiger partial charge in [-0.15, -0.1) is 0 Å². The molecular weight excluding hydrogens is 310 g/mol. The van der Waals surface area contributed by atoms with Gasteiger partial charge >= 0.3 is 0 Å². The predicted molar refractivity (Wildman–Crippen MR) is 86.5 cm³/mol. The average molecular weight is 331 g/mol. The molecule has 24 heavy (non-hydrogen) atoms. The number of carbonyl (C=O) groups is 1. The van der Waals surface area contributed by atoms with Crippen LogP contribution in [0.4, 0.5) is 0 Å². The Labute approximate surface area is 139 Å². The van der Waals surface area contributed by atoms with Crippen molar-refractivity contribution >= 4 is 5.91 Å². The molecule has 3 rings (SSSR count). The minimum atomic E-state index is -0.157. The largest absolute Gasteiger partial charge is 0.375 e. The minimum absolute atomic E-state index is 0.0388. The maximum Gasteiger partial charge on any atom is 0.250 e. The van der Waals surface area contributed by atoms with Crippen LogP contribution >= 0.6 is 0 Å². The number of amides is 1. The molecule has 1 atom stereocenters. The van der Waals surface area contributed by atoms with Gasteiger partial charge in [-0.05, 0) is 25.3 Å². The normalized spacial score (nSPS) is 17.9. The Balaban J connectivity index is 1.52. The number of hydrogen-bond donors (Lipinski definition) is 1. The highest BCUT2D eigenvalue weighted by atomic mass is 16.5. The van der Waals surface area contributed by atoms with Crippen LogP contribution in [0.25, 0.3) is 0 Å². The van der Waals surface area contributed by atoms with Gasteiger partial charge in [0, 0.05) is 31.0 Å². The first kappa shape index (κ1) is 16.4. The second-order valence-electron chi connectivity index (χ2n) is 5.99. The van der Waals surface area contributed by atoms with Gasteiger partial charge in [-0.1, -0.05) is 0 Å². The molecule has 3 heterocycles. The quantitative estimate of drug-likeness (QED) is 0.841. The molecule has 0 bridgehead atoms. The average Bonchev–Trinajstić information content (AvgIpc) is 2.98. The van der Waals surface area contributed by atoms with Crippen LogP contribution in [0.2, 0.25) is 0 Å². The number of morpholine rings is 1. The number of nitrogens with zero attached hydrogens (tertiary/aromatic N) is 4. The second kappa shape index (κ2) is 7.39. The van der Waals surface area contributed by atoms with Crippen LogP contribution in [0.5, 0.6) is 0 Å². The van der Waals surface area contributed by atoms with E-state index in [4.69, 9.17) is 4.74 Å². The Morgan fingerprint density at radius 3 is 3.12 bits per heavy atom. The van der Waals surface area contributed by atoms with Gasteiger partial charge in [0.05, 0.1) is 25.2 Å². The molecule has 8 nitrogen and oxygen atoms in total. The van der Waals surface area contributed by atoms with E-state index in [-0.39, 0.29) is 24.1 Å². The summed E-state index contributed by atoms with van der Waals surface area (Å²) in [4.78, 5) is 32.1. The van der Waals surface area contributed by atoms with Crippen molar-refractivity contribution in [1.82, 2.24) is 24.6 Å². The number of nitrogens with one attached hydrogen (secondary N) is 1. The monoisotopic (exact) mass is 331 g/mol. The Hall–Kier alpha value is -2.48. The molecule has 0 radical (unpaired) electrons. The minimum Gasteiger partial charge on any atom is -0.375 e. The Kier molecular flexibility index (Phi) is 5.05. The maximum atomic E-state index is 12.4. The zero-order chi connectivity index (χ0) is 16.9. The number of rotatable bonds is 5. The summed E-state index contributed by atoms with van der Waals surface area (Å²) >= 11 is 0. The Morgan fingerprint density at radius 2 is 2.38 bits per heavy atom. The highest BCUT2D eigenvalue weighted by Gasteiger charge is 2.24. The van der Waals surface area contributed by atoms with Crippen molar-refractivity contribution in [3.8, 4) is 0 Å². The van der Waals surface area contributed by atoms with Crippen LogP contribution in [0.1, 0.15) is 17.7 Å². The fourth-order valence-corrected chi connectivity index (χ4v) is 2.77. The Morgan fingerprint density at radius 1 is 1.50 bits per heavy atom. The van der Waals surface area contributed by atoms with Crippen molar-refractivity contribution in [2.75, 3.05) is 19.7 Å². The first-order valence-corrected chi connectivity index (χ1v) is 8.02. The van der Waals surface area contributed by atoms with Crippen molar-refractivity contribution in [3.63, 3.8) is 0 Å². The zero-order valence-electron chi connectivity index (χ0n) is 13.6. The summed E-state index contributed by atoms with van der Waals surface area (Å²) in [7, 11) is 0. The topological polar surface area (TPSA) is 93.1 Å². The summed E-state index contributed by atoms with van der Waals surface area (Å²) < 4.78 is 7.39. The standard InChI is InChI=1S/C16H21N5O3/c1-12-7-19-21(8-12)10-16(23)20-4-5-24-14(9-20)3-2-13-6-15(22)18-11-17-13/h6-8,11,14H,2-5,9-10H2,1H3,(H,17,18,22). The van der Waals surface area contributed by atoms with Gasteiger partial charge in [0.1, 0.15) is 6.54 Å². The van der Waals surface area contributed by atoms with Crippen LogP contribution in [0.15, 0.2) is 29.6 Å². The van der Waals surface area contributed by atoms with Gasteiger partial charge in [-0.2, -0.15) is 5.10 Å². The lowest BCUT2D eigenvalue weighted by atomic mass is 10.1. The van der Waals surface area contributed by atoms with Crippen molar-refractivity contribution in [2.24, 2.45) is 0 Å². The van der Waals surface area contributed by atoms with Crippen molar-refractivity contribution in [1.29, 1.82) is 0 Å². The highest BCUT2D eigenvalue weighted by molar-refractivity contribution is 5.76. The van der Waals surface area contributed by atoms with Crippen LogP contribution < -0.4 is 5.56 Å². The lowest BCUT2D eigenvalue weighted by Crippen LogP contribution is -2.47. The molecule has 2 aromatic rings. The molecule has 128 valence electrons. The molecule has 2 aromatic heterocycles. The molecule has 1 amide bonds. The molecule has 0 aliphatic carbocycles. The van der Waals surface area contributed by atoms with E-state index in [2.05, 4.69) is 15.1 Å². The number of aromatic nitrogens is 4. The van der Waals surface area contributed by atoms with Crippen molar-refractivity contribution in [3.05, 3.63) is 46.4 Å². The number of H-pyrrole nitrogens is 1. The van der Waals surface area contributed by atoms with E-state index in [1.807, 2.05) is 18.0 Å². The third-order valence-corrected chi connectivity index (χ3v) is 4.01. The van der Waals surface area contributed by atoms with Gasteiger partial charge < -0.3 is 14.6 Å². The summed E-state index contributed by atoms with van der Waals surface area (Å²) in [6, 6.07) is 1.49. The number of hydrogen-bond acceptors (Lipinski definition) is 5. The lowest BCUT2D eigenvalue weighted by Gasteiger charge is -2.33. The summed E-state index contributed by atoms with van der Waals surface area (Å²) in [6.45, 7) is 3.87. The summed E-state index contributed by atoms with van der Waals surface area (Å²) in [5.41, 5.74) is 1.61. The van der Waals surface area contributed by atoms with Crippen LogP contribution in [-0.4, -0.2) is 56.4 Å². The maximum absolute atomic E-state index is 12.4. The van der Waals surface area contributed by atoms with Gasteiger partial charge in [-0.25, -0.2) is 4.98 Å². The van der Waals surface area contributed by atoms with E-state index >= 15 is 0 Å². The first-order valence-electron chi connectivity index (χ1n) is 8.02. The van der Waals surface area contributed by atoms with Gasteiger partial charge in [0.15, 0.2) is 0 Å². The lowest BCUT2D eigenvalue weighted by molar-refractivity contribution is -0.139. The molecule has 1 aliphatic rings. The van der Waals surface area contributed by atoms with E-state index in [0.29, 0.717) is 26.1 Å². The van der Waals surface area contributed by atoms with E-state index in [1.54, 1.807) is 10.9 Å². The number of carbonyl (C=O) groups excluding carboxylic acids is 1.